The number of fused-ring (bicyclic) bond motifs is 1. The topological polar surface area (TPSA) is 24.9 Å². The van der Waals surface area contributed by atoms with Crippen LogP contribution in [0.25, 0.3) is 0 Å². The molecule has 0 amide bonds. The second-order valence-corrected chi connectivity index (χ2v) is 7.47. The third-order valence-electron chi connectivity index (χ3n) is 3.90. The molecule has 0 saturated heterocycles. The minimum atomic E-state index is 0.567. The molecule has 1 atom stereocenters. The lowest BCUT2D eigenvalue weighted by molar-refractivity contribution is 0.522. The van der Waals surface area contributed by atoms with Gasteiger partial charge in [-0.15, -0.1) is 11.3 Å². The first kappa shape index (κ1) is 15.3. The van der Waals surface area contributed by atoms with E-state index in [0.29, 0.717) is 16.0 Å². The first-order valence-electron chi connectivity index (χ1n) is 7.24. The number of likely N-dealkylation sites (N-methyl/N-ethyl adjacent to an activating group) is 1. The van der Waals surface area contributed by atoms with E-state index in [0.717, 1.165) is 13.0 Å². The average molecular weight is 341 g/mol. The van der Waals surface area contributed by atoms with Gasteiger partial charge in [0.15, 0.2) is 0 Å². The highest BCUT2D eigenvalue weighted by atomic mass is 35.5. The number of thiazole rings is 1. The number of rotatable bonds is 4. The molecule has 0 aliphatic heterocycles. The van der Waals surface area contributed by atoms with E-state index in [9.17, 15) is 0 Å². The summed E-state index contributed by atoms with van der Waals surface area (Å²) in [6, 6.07) is 5.82. The molecule has 3 rings (SSSR count). The molecule has 0 saturated carbocycles. The van der Waals surface area contributed by atoms with E-state index in [1.54, 1.807) is 0 Å². The first-order valence-corrected chi connectivity index (χ1v) is 8.81. The number of halogens is 2. The number of hydrogen-bond donors (Lipinski definition) is 1. The van der Waals surface area contributed by atoms with Crippen LogP contribution in [-0.2, 0) is 12.8 Å². The highest BCUT2D eigenvalue weighted by molar-refractivity contribution is 7.11. The molecule has 1 aliphatic rings. The van der Waals surface area contributed by atoms with Crippen molar-refractivity contribution in [2.45, 2.75) is 31.6 Å². The van der Waals surface area contributed by atoms with Gasteiger partial charge in [0.1, 0.15) is 0 Å². The minimum absolute atomic E-state index is 0.567. The van der Waals surface area contributed by atoms with Gasteiger partial charge in [-0.2, -0.15) is 0 Å². The molecule has 1 aromatic carbocycles. The highest BCUT2D eigenvalue weighted by Crippen LogP contribution is 2.35. The van der Waals surface area contributed by atoms with E-state index in [4.69, 9.17) is 28.2 Å². The normalized spacial score (nSPS) is 17.8. The Morgan fingerprint density at radius 2 is 2.19 bits per heavy atom. The van der Waals surface area contributed by atoms with Crippen molar-refractivity contribution in [2.24, 2.45) is 0 Å². The van der Waals surface area contributed by atoms with Crippen LogP contribution in [0.5, 0.6) is 0 Å². The number of benzene rings is 1. The summed E-state index contributed by atoms with van der Waals surface area (Å²) in [5.41, 5.74) is 2.48. The zero-order chi connectivity index (χ0) is 14.8. The lowest BCUT2D eigenvalue weighted by atomic mass is 9.91. The van der Waals surface area contributed by atoms with E-state index >= 15 is 0 Å². The lowest BCUT2D eigenvalue weighted by Crippen LogP contribution is -2.21. The summed E-state index contributed by atoms with van der Waals surface area (Å²) in [6.45, 7) is 1.02. The maximum atomic E-state index is 6.09. The van der Waals surface area contributed by atoms with Crippen LogP contribution in [0.4, 0.5) is 0 Å². The third-order valence-corrected chi connectivity index (χ3v) is 5.77. The van der Waals surface area contributed by atoms with Gasteiger partial charge >= 0.3 is 0 Å². The van der Waals surface area contributed by atoms with Gasteiger partial charge in [0, 0.05) is 23.8 Å². The van der Waals surface area contributed by atoms with Crippen LogP contribution >= 0.6 is 34.5 Å². The molecule has 5 heteroatoms. The summed E-state index contributed by atoms with van der Waals surface area (Å²) in [5.74, 6) is 0.567. The van der Waals surface area contributed by atoms with Crippen molar-refractivity contribution in [2.75, 3.05) is 13.6 Å². The van der Waals surface area contributed by atoms with Crippen molar-refractivity contribution in [1.82, 2.24) is 10.3 Å². The van der Waals surface area contributed by atoms with Crippen molar-refractivity contribution in [3.63, 3.8) is 0 Å². The maximum absolute atomic E-state index is 6.09. The summed E-state index contributed by atoms with van der Waals surface area (Å²) in [7, 11) is 2.01. The van der Waals surface area contributed by atoms with Gasteiger partial charge in [-0.3, -0.25) is 0 Å². The summed E-state index contributed by atoms with van der Waals surface area (Å²) in [4.78, 5) is 6.37. The molecule has 21 heavy (non-hydrogen) atoms. The van der Waals surface area contributed by atoms with E-state index in [2.05, 4.69) is 5.32 Å². The van der Waals surface area contributed by atoms with Gasteiger partial charge in [0.05, 0.1) is 20.7 Å². The van der Waals surface area contributed by atoms with Crippen molar-refractivity contribution in [1.29, 1.82) is 0 Å². The molecule has 0 bridgehead atoms. The number of nitrogens with zero attached hydrogens (tertiary/aromatic N) is 1. The number of aromatic nitrogens is 1. The number of aryl methyl sites for hydroxylation is 1. The van der Waals surface area contributed by atoms with Gasteiger partial charge in [-0.25, -0.2) is 4.98 Å². The fourth-order valence-corrected chi connectivity index (χ4v) is 4.45. The van der Waals surface area contributed by atoms with Crippen molar-refractivity contribution in [3.05, 3.63) is 49.4 Å². The van der Waals surface area contributed by atoms with Crippen LogP contribution in [0, 0.1) is 0 Å². The minimum Gasteiger partial charge on any atom is -0.319 e. The van der Waals surface area contributed by atoms with Crippen molar-refractivity contribution in [3.8, 4) is 0 Å². The molecule has 0 fully saturated rings. The second kappa shape index (κ2) is 6.66. The molecule has 1 N–H and O–H groups in total. The smallest absolute Gasteiger partial charge is 0.0975 e. The molecule has 112 valence electrons. The Labute approximate surface area is 139 Å². The Balaban J connectivity index is 1.82. The quantitative estimate of drug-likeness (QED) is 0.873. The number of nitrogens with one attached hydrogen (secondary N) is 1. The predicted octanol–water partition coefficient (Wildman–Crippen LogP) is 4.68. The molecule has 0 radical (unpaired) electrons. The fourth-order valence-electron chi connectivity index (χ4n) is 2.90. The zero-order valence-corrected chi connectivity index (χ0v) is 14.3. The Morgan fingerprint density at radius 3 is 2.95 bits per heavy atom. The first-order chi connectivity index (χ1) is 10.2. The highest BCUT2D eigenvalue weighted by Gasteiger charge is 2.24. The predicted molar refractivity (Wildman–Crippen MR) is 91.0 cm³/mol. The summed E-state index contributed by atoms with van der Waals surface area (Å²) in [5, 5.41) is 5.68. The monoisotopic (exact) mass is 340 g/mol. The third kappa shape index (κ3) is 3.42. The van der Waals surface area contributed by atoms with Gasteiger partial charge in [0.25, 0.3) is 0 Å². The molecule has 1 unspecified atom stereocenters. The molecular weight excluding hydrogens is 323 g/mol. The van der Waals surface area contributed by atoms with E-state index in [1.165, 1.54) is 40.4 Å². The van der Waals surface area contributed by atoms with Crippen LogP contribution < -0.4 is 5.32 Å². The fraction of sp³-hybridized carbons (Fsp3) is 0.438. The van der Waals surface area contributed by atoms with Crippen LogP contribution in [-0.4, -0.2) is 18.6 Å². The van der Waals surface area contributed by atoms with Gasteiger partial charge in [0.2, 0.25) is 0 Å². The van der Waals surface area contributed by atoms with E-state index in [1.807, 2.05) is 36.6 Å². The van der Waals surface area contributed by atoms with Crippen molar-refractivity contribution >= 4 is 34.5 Å². The maximum Gasteiger partial charge on any atom is 0.0975 e. The molecule has 2 nitrogen and oxygen atoms in total. The van der Waals surface area contributed by atoms with Crippen LogP contribution in [0.2, 0.25) is 10.0 Å². The average Bonchev–Trinajstić information content (AvgIpc) is 2.87. The summed E-state index contributed by atoms with van der Waals surface area (Å²) >= 11 is 13.9. The Hall–Kier alpha value is -0.610. The van der Waals surface area contributed by atoms with E-state index < -0.39 is 0 Å². The molecular formula is C16H18Cl2N2S. The molecule has 1 heterocycles. The van der Waals surface area contributed by atoms with Crippen molar-refractivity contribution < 1.29 is 0 Å². The SMILES string of the molecule is CNCC1CCCc2sc(Cc3ccc(Cl)c(Cl)c3)nc21. The molecule has 1 aromatic heterocycles. The Bertz CT molecular complexity index is 639. The van der Waals surface area contributed by atoms with E-state index in [-0.39, 0.29) is 0 Å². The zero-order valence-electron chi connectivity index (χ0n) is 12.0. The molecule has 0 spiro atoms. The second-order valence-electron chi connectivity index (χ2n) is 5.49. The molecule has 2 aromatic rings. The Morgan fingerprint density at radius 1 is 1.33 bits per heavy atom. The lowest BCUT2D eigenvalue weighted by Gasteiger charge is -2.20. The Kier molecular flexibility index (Phi) is 4.85. The largest absolute Gasteiger partial charge is 0.319 e. The van der Waals surface area contributed by atoms with Crippen LogP contribution in [0.3, 0.4) is 0 Å². The van der Waals surface area contributed by atoms with Gasteiger partial charge in [-0.05, 0) is 44.0 Å². The summed E-state index contributed by atoms with van der Waals surface area (Å²) < 4.78 is 0. The van der Waals surface area contributed by atoms with Crippen LogP contribution in [0.1, 0.15) is 39.9 Å². The summed E-state index contributed by atoms with van der Waals surface area (Å²) in [6.07, 6.45) is 4.52. The number of hydrogen-bond acceptors (Lipinski definition) is 3. The van der Waals surface area contributed by atoms with Crippen LogP contribution in [0.15, 0.2) is 18.2 Å². The van der Waals surface area contributed by atoms with Gasteiger partial charge < -0.3 is 5.32 Å². The van der Waals surface area contributed by atoms with Gasteiger partial charge in [-0.1, -0.05) is 29.3 Å². The standard InChI is InChI=1S/C16H18Cl2N2S/c1-19-9-11-3-2-4-14-16(11)20-15(21-14)8-10-5-6-12(17)13(18)7-10/h5-7,11,19H,2-4,8-9H2,1H3. The molecule has 1 aliphatic carbocycles.